The fourth-order valence-electron chi connectivity index (χ4n) is 1.46. The van der Waals surface area contributed by atoms with Crippen LogP contribution in [-0.4, -0.2) is 33.5 Å². The number of rotatable bonds is 4. The molecule has 0 aliphatic carbocycles. The quantitative estimate of drug-likeness (QED) is 0.874. The van der Waals surface area contributed by atoms with E-state index in [1.807, 2.05) is 0 Å². The number of benzene rings is 1. The summed E-state index contributed by atoms with van der Waals surface area (Å²) >= 11 is 0. The van der Waals surface area contributed by atoms with Gasteiger partial charge in [-0.3, -0.25) is 15.5 Å². The number of aromatic nitrogens is 3. The lowest BCUT2D eigenvalue weighted by atomic mass is 10.2. The molecular formula is C12H13N5O3. The van der Waals surface area contributed by atoms with Crippen molar-refractivity contribution in [3.05, 3.63) is 42.5 Å². The lowest BCUT2D eigenvalue weighted by Crippen LogP contribution is -2.21. The van der Waals surface area contributed by atoms with Crippen LogP contribution in [0.5, 0.6) is 0 Å². The van der Waals surface area contributed by atoms with Gasteiger partial charge in [-0.1, -0.05) is 6.07 Å². The summed E-state index contributed by atoms with van der Waals surface area (Å²) in [5.41, 5.74) is 3.41. The largest absolute Gasteiger partial charge is 0.450 e. The summed E-state index contributed by atoms with van der Waals surface area (Å²) in [4.78, 5) is 23.2. The van der Waals surface area contributed by atoms with Crippen molar-refractivity contribution in [2.45, 2.75) is 6.92 Å². The molecule has 0 spiro atoms. The van der Waals surface area contributed by atoms with Gasteiger partial charge in [0.1, 0.15) is 12.7 Å². The van der Waals surface area contributed by atoms with Crippen molar-refractivity contribution in [3.63, 3.8) is 0 Å². The van der Waals surface area contributed by atoms with E-state index in [9.17, 15) is 9.59 Å². The SMILES string of the molecule is CCOC(=O)Nc1cccc(C(=O)Nn2cnnc2)c1. The molecule has 1 heterocycles. The highest BCUT2D eigenvalue weighted by Crippen LogP contribution is 2.11. The van der Waals surface area contributed by atoms with E-state index >= 15 is 0 Å². The summed E-state index contributed by atoms with van der Waals surface area (Å²) < 4.78 is 6.09. The van der Waals surface area contributed by atoms with E-state index in [-0.39, 0.29) is 12.5 Å². The van der Waals surface area contributed by atoms with Crippen LogP contribution in [0.25, 0.3) is 0 Å². The number of anilines is 1. The van der Waals surface area contributed by atoms with Gasteiger partial charge in [0, 0.05) is 11.3 Å². The van der Waals surface area contributed by atoms with E-state index in [1.54, 1.807) is 25.1 Å². The first-order chi connectivity index (χ1) is 9.69. The average molecular weight is 275 g/mol. The molecule has 0 aliphatic rings. The summed E-state index contributed by atoms with van der Waals surface area (Å²) in [5, 5.41) is 9.67. The van der Waals surface area contributed by atoms with Gasteiger partial charge in [-0.15, -0.1) is 10.2 Å². The average Bonchev–Trinajstić information content (AvgIpc) is 2.92. The molecule has 0 bridgehead atoms. The van der Waals surface area contributed by atoms with Gasteiger partial charge in [-0.25, -0.2) is 9.47 Å². The molecule has 2 amide bonds. The molecule has 20 heavy (non-hydrogen) atoms. The Hall–Kier alpha value is -2.90. The van der Waals surface area contributed by atoms with Crippen molar-refractivity contribution in [2.24, 2.45) is 0 Å². The Bertz CT molecular complexity index is 597. The Balaban J connectivity index is 2.05. The van der Waals surface area contributed by atoms with E-state index in [4.69, 9.17) is 4.74 Å². The molecule has 8 heteroatoms. The Morgan fingerprint density at radius 2 is 2.05 bits per heavy atom. The van der Waals surface area contributed by atoms with Crippen molar-refractivity contribution < 1.29 is 14.3 Å². The van der Waals surface area contributed by atoms with E-state index in [0.717, 1.165) is 0 Å². The highest BCUT2D eigenvalue weighted by molar-refractivity contribution is 6.01. The second kappa shape index (κ2) is 6.32. The summed E-state index contributed by atoms with van der Waals surface area (Å²) in [7, 11) is 0. The Morgan fingerprint density at radius 3 is 2.75 bits per heavy atom. The maximum absolute atomic E-state index is 11.9. The van der Waals surface area contributed by atoms with Crippen LogP contribution in [0, 0.1) is 0 Å². The molecule has 2 rings (SSSR count). The monoisotopic (exact) mass is 275 g/mol. The fourth-order valence-corrected chi connectivity index (χ4v) is 1.46. The summed E-state index contributed by atoms with van der Waals surface area (Å²) in [6, 6.07) is 6.47. The van der Waals surface area contributed by atoms with E-state index in [1.165, 1.54) is 23.4 Å². The molecule has 2 N–H and O–H groups in total. The highest BCUT2D eigenvalue weighted by Gasteiger charge is 2.08. The number of hydrogen-bond acceptors (Lipinski definition) is 5. The van der Waals surface area contributed by atoms with Crippen LogP contribution in [0.2, 0.25) is 0 Å². The lowest BCUT2D eigenvalue weighted by Gasteiger charge is -2.08. The van der Waals surface area contributed by atoms with Gasteiger partial charge in [0.15, 0.2) is 0 Å². The Kier molecular flexibility index (Phi) is 4.28. The minimum absolute atomic E-state index is 0.277. The third kappa shape index (κ3) is 3.55. The normalized spacial score (nSPS) is 9.85. The molecule has 0 fully saturated rings. The van der Waals surface area contributed by atoms with Crippen molar-refractivity contribution in [1.29, 1.82) is 0 Å². The zero-order chi connectivity index (χ0) is 14.4. The molecule has 104 valence electrons. The molecule has 0 saturated heterocycles. The van der Waals surface area contributed by atoms with E-state index < -0.39 is 6.09 Å². The first-order valence-corrected chi connectivity index (χ1v) is 5.89. The minimum Gasteiger partial charge on any atom is -0.450 e. The Morgan fingerprint density at radius 1 is 1.30 bits per heavy atom. The second-order valence-corrected chi connectivity index (χ2v) is 3.74. The zero-order valence-corrected chi connectivity index (χ0v) is 10.7. The van der Waals surface area contributed by atoms with Crippen LogP contribution in [0.1, 0.15) is 17.3 Å². The topological polar surface area (TPSA) is 98.1 Å². The van der Waals surface area contributed by atoms with Gasteiger partial charge in [0.25, 0.3) is 5.91 Å². The molecule has 1 aromatic heterocycles. The number of nitrogens with zero attached hydrogens (tertiary/aromatic N) is 3. The van der Waals surface area contributed by atoms with Crippen LogP contribution < -0.4 is 10.7 Å². The number of amides is 2. The number of nitrogens with one attached hydrogen (secondary N) is 2. The minimum atomic E-state index is -0.566. The molecule has 8 nitrogen and oxygen atoms in total. The van der Waals surface area contributed by atoms with E-state index in [2.05, 4.69) is 20.9 Å². The summed E-state index contributed by atoms with van der Waals surface area (Å²) in [6.07, 6.45) is 2.15. The van der Waals surface area contributed by atoms with Crippen LogP contribution in [0.3, 0.4) is 0 Å². The molecule has 0 atom stereocenters. The first-order valence-electron chi connectivity index (χ1n) is 5.89. The maximum atomic E-state index is 11.9. The molecular weight excluding hydrogens is 262 g/mol. The summed E-state index contributed by atoms with van der Waals surface area (Å²) in [5.74, 6) is -0.350. The summed E-state index contributed by atoms with van der Waals surface area (Å²) in [6.45, 7) is 1.99. The standard InChI is InChI=1S/C12H13N5O3/c1-2-20-12(19)15-10-5-3-4-9(6-10)11(18)16-17-7-13-14-8-17/h3-8H,2H2,1H3,(H,15,19)(H,16,18). The molecule has 0 radical (unpaired) electrons. The highest BCUT2D eigenvalue weighted by atomic mass is 16.5. The van der Waals surface area contributed by atoms with Crippen molar-refractivity contribution in [3.8, 4) is 0 Å². The third-order valence-electron chi connectivity index (χ3n) is 2.30. The molecule has 0 unspecified atom stereocenters. The van der Waals surface area contributed by atoms with Gasteiger partial charge < -0.3 is 4.74 Å². The third-order valence-corrected chi connectivity index (χ3v) is 2.30. The van der Waals surface area contributed by atoms with Crippen LogP contribution in [-0.2, 0) is 4.74 Å². The number of ether oxygens (including phenoxy) is 1. The Labute approximate surface area is 114 Å². The van der Waals surface area contributed by atoms with Crippen molar-refractivity contribution in [2.75, 3.05) is 17.3 Å². The van der Waals surface area contributed by atoms with Gasteiger partial charge in [-0.05, 0) is 25.1 Å². The van der Waals surface area contributed by atoms with Gasteiger partial charge in [0.05, 0.1) is 6.61 Å². The fraction of sp³-hybridized carbons (Fsp3) is 0.167. The maximum Gasteiger partial charge on any atom is 0.411 e. The predicted octanol–water partition coefficient (Wildman–Crippen LogP) is 1.23. The smallest absolute Gasteiger partial charge is 0.411 e. The van der Waals surface area contributed by atoms with Gasteiger partial charge >= 0.3 is 6.09 Å². The predicted molar refractivity (Wildman–Crippen MR) is 70.8 cm³/mol. The van der Waals surface area contributed by atoms with Crippen molar-refractivity contribution in [1.82, 2.24) is 14.9 Å². The lowest BCUT2D eigenvalue weighted by molar-refractivity contribution is 0.101. The van der Waals surface area contributed by atoms with Crippen LogP contribution in [0.4, 0.5) is 10.5 Å². The van der Waals surface area contributed by atoms with Crippen LogP contribution >= 0.6 is 0 Å². The van der Waals surface area contributed by atoms with E-state index in [0.29, 0.717) is 11.3 Å². The molecule has 0 saturated carbocycles. The number of hydrogen-bond donors (Lipinski definition) is 2. The van der Waals surface area contributed by atoms with Crippen molar-refractivity contribution >= 4 is 17.7 Å². The first kappa shape index (κ1) is 13.5. The molecule has 2 aromatic rings. The number of carbonyl (C=O) groups is 2. The molecule has 0 aliphatic heterocycles. The number of carbonyl (C=O) groups excluding carboxylic acids is 2. The van der Waals surface area contributed by atoms with Crippen LogP contribution in [0.15, 0.2) is 36.9 Å². The second-order valence-electron chi connectivity index (χ2n) is 3.74. The van der Waals surface area contributed by atoms with Gasteiger partial charge in [0.2, 0.25) is 0 Å². The zero-order valence-electron chi connectivity index (χ0n) is 10.7. The van der Waals surface area contributed by atoms with Gasteiger partial charge in [-0.2, -0.15) is 0 Å². The molecule has 1 aromatic carbocycles.